The second-order valence-electron chi connectivity index (χ2n) is 4.47. The van der Waals surface area contributed by atoms with Crippen LogP contribution in [0.3, 0.4) is 0 Å². The van der Waals surface area contributed by atoms with Crippen LogP contribution in [0.15, 0.2) is 36.4 Å². The zero-order chi connectivity index (χ0) is 21.3. The lowest BCUT2D eigenvalue weighted by Crippen LogP contribution is -2.07. The summed E-state index contributed by atoms with van der Waals surface area (Å²) in [6.07, 6.45) is 0. The highest BCUT2D eigenvalue weighted by Gasteiger charge is 2.07. The number of hydrogen-bond acceptors (Lipinski definition) is 7. The number of esters is 1. The van der Waals surface area contributed by atoms with E-state index in [1.54, 1.807) is 30.3 Å². The van der Waals surface area contributed by atoms with Crippen LogP contribution in [0.2, 0.25) is 13.0 Å². The first kappa shape index (κ1) is 37.6. The predicted octanol–water partition coefficient (Wildman–Crippen LogP) is 7.85. The Morgan fingerprint density at radius 2 is 1.12 bits per heavy atom. The number of aromatic carboxylic acids is 1. The number of nitrogens with two attached hydrogens (primary N) is 1. The van der Waals surface area contributed by atoms with Crippen LogP contribution in [0.4, 0.5) is 4.70 Å². The number of carbonyl (C=O) groups is 3. The number of rotatable bonds is 3. The van der Waals surface area contributed by atoms with Crippen molar-refractivity contribution < 1.29 is 28.9 Å². The minimum atomic E-state index is -0.924. The van der Waals surface area contributed by atoms with Crippen LogP contribution < -0.4 is 5.73 Å². The maximum atomic E-state index is 10.8. The molecule has 0 saturated carbocycles. The molecule has 0 atom stereocenters. The quantitative estimate of drug-likeness (QED) is 0.313. The Bertz CT molecular complexity index is 909. The second kappa shape index (κ2) is 18.8. The zero-order valence-electron chi connectivity index (χ0n) is 14.4. The van der Waals surface area contributed by atoms with Gasteiger partial charge in [-0.1, -0.05) is 57.1 Å². The molecule has 0 aromatic carbocycles. The molecule has 13 heteroatoms. The number of ether oxygens (including phenoxy) is 1. The first-order chi connectivity index (χ1) is 13.1. The lowest BCUT2D eigenvalue weighted by atomic mass is 10.5. The molecule has 182 valence electrons. The minimum absolute atomic E-state index is 0. The molecule has 0 saturated heterocycles. The summed E-state index contributed by atoms with van der Waals surface area (Å²) in [6, 6.07) is 9.60. The highest BCUT2D eigenvalue weighted by atomic mass is 35.5. The fraction of sp³-hybridized carbons (Fsp3) is 0.211. The van der Waals surface area contributed by atoms with Gasteiger partial charge in [0, 0.05) is 0 Å². The summed E-state index contributed by atoms with van der Waals surface area (Å²) in [5.41, 5.74) is 4.94. The van der Waals surface area contributed by atoms with Crippen LogP contribution in [0.5, 0.6) is 0 Å². The number of thiophene rings is 3. The Hall–Kier alpha value is -1.69. The molecular weight excluding hydrogens is 544 g/mol. The molecule has 0 aliphatic carbocycles. The Labute approximate surface area is 213 Å². The first-order valence-electron chi connectivity index (χ1n) is 7.01. The maximum Gasteiger partial charge on any atom is 0.348 e. The van der Waals surface area contributed by atoms with Crippen molar-refractivity contribution in [2.24, 2.45) is 5.73 Å². The van der Waals surface area contributed by atoms with E-state index in [4.69, 9.17) is 45.6 Å². The van der Waals surface area contributed by atoms with Gasteiger partial charge < -0.3 is 15.6 Å². The normalized spacial score (nSPS) is 8.25. The molecule has 0 unspecified atom stereocenters. The van der Waals surface area contributed by atoms with Gasteiger partial charge in [0.2, 0.25) is 0 Å². The molecule has 3 aromatic heterocycles. The van der Waals surface area contributed by atoms with E-state index in [1.807, 2.05) is 0 Å². The predicted molar refractivity (Wildman–Crippen MR) is 137 cm³/mol. The summed E-state index contributed by atoms with van der Waals surface area (Å²) >= 11 is 20.0. The van der Waals surface area contributed by atoms with Gasteiger partial charge in [-0.2, -0.15) is 0 Å². The summed E-state index contributed by atoms with van der Waals surface area (Å²) in [7, 11) is 1.34. The number of halogens is 4. The summed E-state index contributed by atoms with van der Waals surface area (Å²) in [6.45, 7) is 0. The number of methoxy groups -OCH3 is 1. The van der Waals surface area contributed by atoms with E-state index in [2.05, 4.69) is 4.74 Å². The fourth-order valence-electron chi connectivity index (χ4n) is 1.40. The summed E-state index contributed by atoms with van der Waals surface area (Å²) in [4.78, 5) is 32.6. The molecule has 1 amide bonds. The van der Waals surface area contributed by atoms with Crippen molar-refractivity contribution in [3.63, 3.8) is 0 Å². The third-order valence-corrected chi connectivity index (χ3v) is 6.24. The van der Waals surface area contributed by atoms with Crippen LogP contribution in [-0.4, -0.2) is 30.1 Å². The van der Waals surface area contributed by atoms with Gasteiger partial charge in [-0.05, 0) is 36.4 Å². The minimum Gasteiger partial charge on any atom is -0.477 e. The van der Waals surface area contributed by atoms with E-state index >= 15 is 0 Å². The largest absolute Gasteiger partial charge is 0.477 e. The topological polar surface area (TPSA) is 107 Å². The van der Waals surface area contributed by atoms with Crippen molar-refractivity contribution in [1.82, 2.24) is 0 Å². The standard InChI is InChI=1S/C6H5ClO2S.C5H4ClNOS.C5H3ClO2S.3CH4.FH/c1-9-6(8)4-2-3-5(7)10-4;2*6-4-2-1-3(9-4)5(7)8;;;;/h2-3H,1H3;1-2H,(H2,7,8);1-2H,(H,7,8);3*1H4;1H. The third-order valence-electron chi connectivity index (χ3n) is 2.56. The van der Waals surface area contributed by atoms with Crippen molar-refractivity contribution in [3.05, 3.63) is 64.0 Å². The molecule has 0 aliphatic heterocycles. The van der Waals surface area contributed by atoms with Crippen molar-refractivity contribution in [2.75, 3.05) is 7.11 Å². The number of carboxylic acid groups (broad SMARTS) is 1. The third kappa shape index (κ3) is 13.7. The maximum absolute atomic E-state index is 10.8. The molecule has 0 bridgehead atoms. The lowest BCUT2D eigenvalue weighted by Gasteiger charge is -1.90. The van der Waals surface area contributed by atoms with Gasteiger partial charge in [-0.25, -0.2) is 9.59 Å². The number of hydrogen-bond donors (Lipinski definition) is 2. The van der Waals surface area contributed by atoms with E-state index in [9.17, 15) is 14.4 Å². The molecule has 6 nitrogen and oxygen atoms in total. The number of carbonyl (C=O) groups excluding carboxylic acids is 2. The van der Waals surface area contributed by atoms with Crippen LogP contribution in [0, 0.1) is 0 Å². The molecule has 3 aromatic rings. The summed E-state index contributed by atoms with van der Waals surface area (Å²) in [5.74, 6) is -1.68. The SMILES string of the molecule is C.C.C.COC(=O)c1ccc(Cl)s1.F.NC(=O)c1ccc(Cl)s1.O=C(O)c1ccc(Cl)s1. The highest BCUT2D eigenvalue weighted by molar-refractivity contribution is 7.18. The summed E-state index contributed by atoms with van der Waals surface area (Å²) < 4.78 is 6.15. The van der Waals surface area contributed by atoms with Crippen LogP contribution in [0.25, 0.3) is 0 Å². The monoisotopic (exact) mass is 567 g/mol. The van der Waals surface area contributed by atoms with E-state index in [-0.39, 0.29) is 37.8 Å². The van der Waals surface area contributed by atoms with Crippen molar-refractivity contribution in [3.8, 4) is 0 Å². The Morgan fingerprint density at radius 1 is 0.781 bits per heavy atom. The van der Waals surface area contributed by atoms with Crippen LogP contribution in [0.1, 0.15) is 51.3 Å². The molecular formula is C19H25Cl3FNO5S3. The van der Waals surface area contributed by atoms with E-state index in [0.29, 0.717) is 22.8 Å². The van der Waals surface area contributed by atoms with Crippen LogP contribution in [-0.2, 0) is 4.74 Å². The molecule has 32 heavy (non-hydrogen) atoms. The molecule has 0 fully saturated rings. The van der Waals surface area contributed by atoms with Gasteiger partial charge in [0.15, 0.2) is 0 Å². The van der Waals surface area contributed by atoms with Crippen molar-refractivity contribution in [1.29, 1.82) is 0 Å². The first-order valence-corrected chi connectivity index (χ1v) is 10.6. The second-order valence-corrected chi connectivity index (χ2v) is 9.62. The lowest BCUT2D eigenvalue weighted by molar-refractivity contribution is 0.0605. The average Bonchev–Trinajstić information content (AvgIpc) is 3.37. The van der Waals surface area contributed by atoms with E-state index in [1.165, 1.54) is 35.8 Å². The highest BCUT2D eigenvalue weighted by Crippen LogP contribution is 2.22. The fourth-order valence-corrected chi connectivity index (χ4v) is 4.14. The molecule has 3 heterocycles. The molecule has 3 N–H and O–H groups in total. The molecule has 0 radical (unpaired) electrons. The molecule has 0 spiro atoms. The molecule has 0 aliphatic rings. The smallest absolute Gasteiger partial charge is 0.348 e. The van der Waals surface area contributed by atoms with Gasteiger partial charge in [0.1, 0.15) is 9.75 Å². The van der Waals surface area contributed by atoms with Crippen LogP contribution >= 0.6 is 68.8 Å². The summed E-state index contributed by atoms with van der Waals surface area (Å²) in [5, 5.41) is 8.35. The molecule has 3 rings (SSSR count). The average molecular weight is 569 g/mol. The van der Waals surface area contributed by atoms with Gasteiger partial charge in [0.05, 0.1) is 25.0 Å². The van der Waals surface area contributed by atoms with Gasteiger partial charge in [-0.15, -0.1) is 34.0 Å². The Morgan fingerprint density at radius 3 is 1.31 bits per heavy atom. The number of amides is 1. The Kier molecular flexibility index (Phi) is 22.1. The van der Waals surface area contributed by atoms with Gasteiger partial charge in [0.25, 0.3) is 5.91 Å². The van der Waals surface area contributed by atoms with E-state index < -0.39 is 11.9 Å². The zero-order valence-corrected chi connectivity index (χ0v) is 19.1. The van der Waals surface area contributed by atoms with Crippen molar-refractivity contribution >= 4 is 86.7 Å². The van der Waals surface area contributed by atoms with Gasteiger partial charge in [-0.3, -0.25) is 9.50 Å². The van der Waals surface area contributed by atoms with E-state index in [0.717, 1.165) is 11.3 Å². The number of primary amides is 1. The Balaban J connectivity index is -0.000000173. The van der Waals surface area contributed by atoms with Gasteiger partial charge >= 0.3 is 11.9 Å². The number of carboxylic acids is 1. The van der Waals surface area contributed by atoms with Crippen molar-refractivity contribution in [2.45, 2.75) is 22.3 Å².